The second kappa shape index (κ2) is 31.1. The fourth-order valence-corrected chi connectivity index (χ4v) is 8.07. The Morgan fingerprint density at radius 2 is 1.09 bits per heavy atom. The molecular formula is C51H75N9O13S. The van der Waals surface area contributed by atoms with Gasteiger partial charge in [0.15, 0.2) is 5.76 Å². The Morgan fingerprint density at radius 1 is 0.595 bits per heavy atom. The number of carboxylic acids is 1. The topological polar surface area (TPSA) is 367 Å². The molecule has 23 heteroatoms. The number of amides is 7. The Balaban J connectivity index is 1.79. The van der Waals surface area contributed by atoms with Crippen LogP contribution in [0.5, 0.6) is 11.5 Å². The van der Waals surface area contributed by atoms with Crippen LogP contribution in [0.1, 0.15) is 101 Å². The number of rotatable bonds is 32. The molecule has 0 spiro atoms. The minimum Gasteiger partial charge on any atom is -0.508 e. The average Bonchev–Trinajstić information content (AvgIpc) is 3.82. The number of phenolic OH excluding ortho intramolecular Hbond substituents is 2. The van der Waals surface area contributed by atoms with Crippen LogP contribution in [0.2, 0.25) is 0 Å². The zero-order chi connectivity index (χ0) is 55.1. The van der Waals surface area contributed by atoms with E-state index in [1.165, 1.54) is 67.2 Å². The van der Waals surface area contributed by atoms with Gasteiger partial charge in [-0.15, -0.1) is 0 Å². The highest BCUT2D eigenvalue weighted by Gasteiger charge is 2.34. The second-order valence-corrected chi connectivity index (χ2v) is 20.0. The molecule has 0 aliphatic carbocycles. The molecular weight excluding hydrogens is 979 g/mol. The van der Waals surface area contributed by atoms with E-state index >= 15 is 0 Å². The number of hydrogen-bond donors (Lipinski definition) is 13. The van der Waals surface area contributed by atoms with Crippen molar-refractivity contribution < 1.29 is 63.2 Å². The van der Waals surface area contributed by atoms with Crippen molar-refractivity contribution in [3.05, 3.63) is 83.3 Å². The molecule has 1 heterocycles. The van der Waals surface area contributed by atoms with Crippen molar-refractivity contribution in [2.24, 2.45) is 23.3 Å². The summed E-state index contributed by atoms with van der Waals surface area (Å²) in [6, 6.07) is 5.78. The van der Waals surface area contributed by atoms with Gasteiger partial charge in [-0.3, -0.25) is 33.6 Å². The standard InChI is InChI=1S/C51H75N9O13S/c1-28(2)23-36(53)44(64)55-37(20-22-74-6)46(66)58-40(25-31-10-14-33(62)15-11-31)45(65)54-27-35-18-19-42(73-35)49(69)60-43(30(5)61)50(70)59-41(26-32-12-16-34(63)17-13-32)48(68)57-39(24-29(3)4)47(67)56-38(51(71)72)9-7-8-21-52/h10-19,28-30,36-41,43,61-63H,7-9,20-27,52-53H2,1-6H3,(H,54,65)(H,55,64)(H,56,67)(H,57,68)(H,58,66)(H,59,70)(H,60,69)(H,71,72)/t30-,36+,37+,38+,39+,40+,41+,43+/m1/s1. The van der Waals surface area contributed by atoms with Gasteiger partial charge < -0.3 is 73.5 Å². The summed E-state index contributed by atoms with van der Waals surface area (Å²) in [5.41, 5.74) is 12.7. The average molecular weight is 1050 g/mol. The van der Waals surface area contributed by atoms with Crippen molar-refractivity contribution in [1.29, 1.82) is 0 Å². The molecule has 0 saturated carbocycles. The number of thioether (sulfide) groups is 1. The van der Waals surface area contributed by atoms with E-state index in [1.54, 1.807) is 26.0 Å². The van der Waals surface area contributed by atoms with E-state index in [2.05, 4.69) is 37.2 Å². The van der Waals surface area contributed by atoms with Gasteiger partial charge in [0.2, 0.25) is 35.4 Å². The fraction of sp³-hybridized carbons (Fsp3) is 0.529. The first kappa shape index (κ1) is 61.6. The Bertz CT molecular complexity index is 2310. The Morgan fingerprint density at radius 3 is 1.62 bits per heavy atom. The van der Waals surface area contributed by atoms with Crippen LogP contribution < -0.4 is 48.7 Å². The maximum atomic E-state index is 14.1. The number of carbonyl (C=O) groups is 8. The molecule has 2 aromatic carbocycles. The first-order valence-corrected chi connectivity index (χ1v) is 26.0. The minimum atomic E-state index is -1.68. The molecule has 0 radical (unpaired) electrons. The fourth-order valence-electron chi connectivity index (χ4n) is 7.59. The zero-order valence-electron chi connectivity index (χ0n) is 42.9. The van der Waals surface area contributed by atoms with Gasteiger partial charge in [-0.2, -0.15) is 11.8 Å². The monoisotopic (exact) mass is 1050 g/mol. The van der Waals surface area contributed by atoms with Crippen LogP contribution in [0.25, 0.3) is 0 Å². The summed E-state index contributed by atoms with van der Waals surface area (Å²) >= 11 is 1.46. The molecule has 7 amide bonds. The molecule has 0 unspecified atom stereocenters. The maximum Gasteiger partial charge on any atom is 0.326 e. The van der Waals surface area contributed by atoms with E-state index in [0.29, 0.717) is 42.7 Å². The summed E-state index contributed by atoms with van der Waals surface area (Å²) in [5.74, 6) is -6.45. The lowest BCUT2D eigenvalue weighted by atomic mass is 10.00. The van der Waals surface area contributed by atoms with Crippen LogP contribution >= 0.6 is 11.8 Å². The number of carbonyl (C=O) groups excluding carboxylic acids is 7. The summed E-state index contributed by atoms with van der Waals surface area (Å²) in [7, 11) is 0. The highest BCUT2D eigenvalue weighted by molar-refractivity contribution is 7.98. The first-order valence-electron chi connectivity index (χ1n) is 24.6. The van der Waals surface area contributed by atoms with Crippen molar-refractivity contribution in [1.82, 2.24) is 37.2 Å². The van der Waals surface area contributed by atoms with E-state index in [0.717, 1.165) is 0 Å². The van der Waals surface area contributed by atoms with E-state index in [4.69, 9.17) is 15.9 Å². The highest BCUT2D eigenvalue weighted by atomic mass is 32.2. The molecule has 0 aliphatic rings. The normalized spacial score (nSPS) is 14.5. The quantitative estimate of drug-likeness (QED) is 0.0389. The molecule has 15 N–H and O–H groups in total. The Labute approximate surface area is 435 Å². The molecule has 8 atom stereocenters. The second-order valence-electron chi connectivity index (χ2n) is 19.0. The molecule has 408 valence electrons. The van der Waals surface area contributed by atoms with Crippen molar-refractivity contribution in [2.45, 2.75) is 141 Å². The van der Waals surface area contributed by atoms with Gasteiger partial charge in [0, 0.05) is 12.8 Å². The number of aliphatic hydroxyl groups is 1. The number of nitrogens with one attached hydrogen (secondary N) is 7. The van der Waals surface area contributed by atoms with Gasteiger partial charge in [-0.25, -0.2) is 4.79 Å². The number of unbranched alkanes of at least 4 members (excludes halogenated alkanes) is 1. The number of phenols is 2. The number of hydrogen-bond acceptors (Lipinski definition) is 15. The Kier molecular flexibility index (Phi) is 25.9. The predicted octanol–water partition coefficient (Wildman–Crippen LogP) is 1.08. The number of nitrogens with two attached hydrogens (primary N) is 2. The van der Waals surface area contributed by atoms with Gasteiger partial charge >= 0.3 is 5.97 Å². The van der Waals surface area contributed by atoms with Gasteiger partial charge in [0.05, 0.1) is 18.7 Å². The Hall–Kier alpha value is -6.69. The highest BCUT2D eigenvalue weighted by Crippen LogP contribution is 2.16. The molecule has 0 fully saturated rings. The van der Waals surface area contributed by atoms with E-state index < -0.39 is 95.7 Å². The summed E-state index contributed by atoms with van der Waals surface area (Å²) in [6.45, 7) is 8.72. The van der Waals surface area contributed by atoms with Crippen LogP contribution in [0, 0.1) is 11.8 Å². The minimum absolute atomic E-state index is 0.00909. The third-order valence-corrected chi connectivity index (χ3v) is 12.2. The molecule has 3 rings (SSSR count). The smallest absolute Gasteiger partial charge is 0.326 e. The molecule has 0 aliphatic heterocycles. The predicted molar refractivity (Wildman–Crippen MR) is 277 cm³/mol. The number of benzene rings is 2. The summed E-state index contributed by atoms with van der Waals surface area (Å²) in [5, 5.41) is 58.5. The lowest BCUT2D eigenvalue weighted by Gasteiger charge is -2.27. The molecule has 1 aromatic heterocycles. The van der Waals surface area contributed by atoms with Crippen LogP contribution in [-0.4, -0.2) is 135 Å². The maximum absolute atomic E-state index is 14.1. The van der Waals surface area contributed by atoms with Gasteiger partial charge in [-0.1, -0.05) is 52.0 Å². The summed E-state index contributed by atoms with van der Waals surface area (Å²) in [4.78, 5) is 108. The SMILES string of the molecule is CSCC[C@H](NC(=O)[C@@H](N)CC(C)C)C(=O)N[C@@H](Cc1ccc(O)cc1)C(=O)NCc1ccc(C(=O)N[C@H](C(=O)N[C@@H](Cc2ccc(O)cc2)C(=O)N[C@@H](CC(C)C)C(=O)N[C@@H](CCCCN)C(=O)O)[C@@H](C)O)o1. The number of carboxylic acid groups (broad SMARTS) is 1. The molecule has 0 bridgehead atoms. The number of aromatic hydroxyl groups is 2. The van der Waals surface area contributed by atoms with Gasteiger partial charge in [0.25, 0.3) is 5.91 Å². The van der Waals surface area contributed by atoms with Crippen LogP contribution in [0.15, 0.2) is 65.1 Å². The van der Waals surface area contributed by atoms with E-state index in [1.807, 2.05) is 20.1 Å². The van der Waals surface area contributed by atoms with Crippen molar-refractivity contribution in [2.75, 3.05) is 18.6 Å². The van der Waals surface area contributed by atoms with E-state index in [9.17, 15) is 58.8 Å². The van der Waals surface area contributed by atoms with Crippen molar-refractivity contribution >= 4 is 59.1 Å². The van der Waals surface area contributed by atoms with Crippen LogP contribution in [0.4, 0.5) is 0 Å². The molecule has 22 nitrogen and oxygen atoms in total. The lowest BCUT2D eigenvalue weighted by molar-refractivity contribution is -0.142. The van der Waals surface area contributed by atoms with Crippen molar-refractivity contribution in [3.8, 4) is 11.5 Å². The number of aliphatic hydroxyl groups excluding tert-OH is 1. The third kappa shape index (κ3) is 21.4. The van der Waals surface area contributed by atoms with Crippen molar-refractivity contribution in [3.63, 3.8) is 0 Å². The van der Waals surface area contributed by atoms with Crippen LogP contribution in [0.3, 0.4) is 0 Å². The van der Waals surface area contributed by atoms with Crippen LogP contribution in [-0.2, 0) is 52.9 Å². The lowest BCUT2D eigenvalue weighted by Crippen LogP contribution is -2.60. The molecule has 0 saturated heterocycles. The number of furan rings is 1. The van der Waals surface area contributed by atoms with Gasteiger partial charge in [0.1, 0.15) is 53.5 Å². The van der Waals surface area contributed by atoms with E-state index in [-0.39, 0.29) is 73.5 Å². The van der Waals surface area contributed by atoms with Gasteiger partial charge in [-0.05, 0) is 123 Å². The zero-order valence-corrected chi connectivity index (χ0v) is 43.7. The molecule has 3 aromatic rings. The summed E-state index contributed by atoms with van der Waals surface area (Å²) in [6.07, 6.45) is 1.92. The largest absolute Gasteiger partial charge is 0.508 e. The number of aliphatic carboxylic acids is 1. The molecule has 74 heavy (non-hydrogen) atoms. The first-order chi connectivity index (χ1) is 35.0. The third-order valence-electron chi connectivity index (χ3n) is 11.6. The summed E-state index contributed by atoms with van der Waals surface area (Å²) < 4.78 is 5.72.